The van der Waals surface area contributed by atoms with E-state index in [1.54, 1.807) is 12.1 Å². The maximum atomic E-state index is 13.3. The lowest BCUT2D eigenvalue weighted by Gasteiger charge is -2.16. The lowest BCUT2D eigenvalue weighted by molar-refractivity contribution is 0.0736. The van der Waals surface area contributed by atoms with E-state index < -0.39 is 5.97 Å². The molecule has 0 fully saturated rings. The van der Waals surface area contributed by atoms with Gasteiger partial charge < -0.3 is 4.74 Å². The lowest BCUT2D eigenvalue weighted by atomic mass is 9.95. The molecule has 4 aromatic rings. The van der Waals surface area contributed by atoms with Crippen molar-refractivity contribution in [1.29, 1.82) is 0 Å². The Morgan fingerprint density at radius 3 is 2.43 bits per heavy atom. The molecule has 0 unspecified atom stereocenters. The van der Waals surface area contributed by atoms with Crippen molar-refractivity contribution in [3.63, 3.8) is 0 Å². The molecule has 4 rings (SSSR count). The molecule has 0 aliphatic rings. The van der Waals surface area contributed by atoms with Gasteiger partial charge in [-0.05, 0) is 74.4 Å². The minimum absolute atomic E-state index is 0.407. The number of carbonyl (C=O) groups is 1. The van der Waals surface area contributed by atoms with Gasteiger partial charge in [0.25, 0.3) is 0 Å². The Balaban J connectivity index is 1.95. The average molecular weight is 481 g/mol. The summed E-state index contributed by atoms with van der Waals surface area (Å²) in [6.07, 6.45) is 0. The topological polar surface area (TPSA) is 39.2 Å². The molecular weight excluding hydrogens is 462 g/mol. The van der Waals surface area contributed by atoms with Crippen LogP contribution in [0.5, 0.6) is 5.75 Å². The number of hydrogen-bond donors (Lipinski definition) is 0. The molecule has 3 aromatic carbocycles. The van der Waals surface area contributed by atoms with E-state index in [2.05, 4.69) is 22.0 Å². The molecule has 0 saturated heterocycles. The third kappa shape index (κ3) is 3.98. The van der Waals surface area contributed by atoms with Crippen molar-refractivity contribution in [3.05, 3.63) is 92.4 Å². The first-order valence-corrected chi connectivity index (χ1v) is 10.7. The second-order valence-corrected chi connectivity index (χ2v) is 8.64. The van der Waals surface area contributed by atoms with E-state index in [0.717, 1.165) is 43.3 Å². The molecule has 0 aliphatic carbocycles. The summed E-state index contributed by atoms with van der Waals surface area (Å²) in [4.78, 5) is 18.2. The van der Waals surface area contributed by atoms with Gasteiger partial charge in [-0.1, -0.05) is 51.3 Å². The Labute approximate surface area is 188 Å². The molecule has 0 radical (unpaired) electrons. The second kappa shape index (κ2) is 8.21. The lowest BCUT2D eigenvalue weighted by Crippen LogP contribution is -2.13. The van der Waals surface area contributed by atoms with Gasteiger partial charge in [0.2, 0.25) is 0 Å². The van der Waals surface area contributed by atoms with Gasteiger partial charge in [0.1, 0.15) is 5.75 Å². The molecule has 5 heteroatoms. The van der Waals surface area contributed by atoms with Crippen LogP contribution in [0.25, 0.3) is 22.2 Å². The van der Waals surface area contributed by atoms with E-state index in [1.165, 1.54) is 0 Å². The molecular formula is C25H19BrClNO2. The monoisotopic (exact) mass is 479 g/mol. The number of aromatic nitrogens is 1. The van der Waals surface area contributed by atoms with Crippen molar-refractivity contribution in [2.75, 3.05) is 0 Å². The van der Waals surface area contributed by atoms with Crippen molar-refractivity contribution >= 4 is 44.4 Å². The molecule has 1 aromatic heterocycles. The van der Waals surface area contributed by atoms with E-state index in [9.17, 15) is 4.79 Å². The van der Waals surface area contributed by atoms with Gasteiger partial charge in [-0.25, -0.2) is 9.78 Å². The van der Waals surface area contributed by atoms with Crippen LogP contribution in [0.4, 0.5) is 0 Å². The van der Waals surface area contributed by atoms with Gasteiger partial charge in [-0.15, -0.1) is 0 Å². The van der Waals surface area contributed by atoms with Gasteiger partial charge in [-0.3, -0.25) is 0 Å². The molecule has 0 aliphatic heterocycles. The Morgan fingerprint density at radius 2 is 1.73 bits per heavy atom. The minimum atomic E-state index is -0.407. The molecule has 0 bridgehead atoms. The SMILES string of the molecule is Cc1cc(C)c2nc(-c3cccc(Cl)c3)c(C)c(C(=O)Oc3ccc(Br)cc3)c2c1. The highest BCUT2D eigenvalue weighted by Gasteiger charge is 2.22. The summed E-state index contributed by atoms with van der Waals surface area (Å²) in [6, 6.07) is 18.8. The normalized spacial score (nSPS) is 11.0. The number of halogens is 2. The highest BCUT2D eigenvalue weighted by Crippen LogP contribution is 2.33. The number of esters is 1. The van der Waals surface area contributed by atoms with E-state index in [1.807, 2.05) is 63.2 Å². The fraction of sp³-hybridized carbons (Fsp3) is 0.120. The molecule has 3 nitrogen and oxygen atoms in total. The third-order valence-electron chi connectivity index (χ3n) is 4.99. The van der Waals surface area contributed by atoms with Gasteiger partial charge in [0.15, 0.2) is 0 Å². The summed E-state index contributed by atoms with van der Waals surface area (Å²) in [5.41, 5.74) is 5.71. The first kappa shape index (κ1) is 20.6. The van der Waals surface area contributed by atoms with Crippen LogP contribution in [0.15, 0.2) is 65.1 Å². The number of fused-ring (bicyclic) bond motifs is 1. The Kier molecular flexibility index (Phi) is 5.63. The predicted molar refractivity (Wildman–Crippen MR) is 126 cm³/mol. The molecule has 0 spiro atoms. The molecule has 0 atom stereocenters. The van der Waals surface area contributed by atoms with Crippen LogP contribution in [0.3, 0.4) is 0 Å². The van der Waals surface area contributed by atoms with Crippen LogP contribution in [0.1, 0.15) is 27.0 Å². The van der Waals surface area contributed by atoms with E-state index in [-0.39, 0.29) is 0 Å². The summed E-state index contributed by atoms with van der Waals surface area (Å²) in [7, 11) is 0. The summed E-state index contributed by atoms with van der Waals surface area (Å²) in [5, 5.41) is 1.41. The van der Waals surface area contributed by atoms with Gasteiger partial charge in [-0.2, -0.15) is 0 Å². The first-order valence-electron chi connectivity index (χ1n) is 9.48. The summed E-state index contributed by atoms with van der Waals surface area (Å²) in [5.74, 6) is 0.0803. The molecule has 0 saturated carbocycles. The predicted octanol–water partition coefficient (Wildman–Crippen LogP) is 7.46. The fourth-order valence-electron chi connectivity index (χ4n) is 3.66. The van der Waals surface area contributed by atoms with Crippen LogP contribution in [-0.4, -0.2) is 11.0 Å². The number of carbonyl (C=O) groups excluding carboxylic acids is 1. The Hall–Kier alpha value is -2.69. The molecule has 30 heavy (non-hydrogen) atoms. The van der Waals surface area contributed by atoms with Crippen LogP contribution >= 0.6 is 27.5 Å². The zero-order valence-corrected chi connectivity index (χ0v) is 19.1. The molecule has 0 amide bonds. The minimum Gasteiger partial charge on any atom is -0.423 e. The maximum absolute atomic E-state index is 13.3. The van der Waals surface area contributed by atoms with Crippen LogP contribution in [0, 0.1) is 20.8 Å². The van der Waals surface area contributed by atoms with Crippen molar-refractivity contribution in [3.8, 4) is 17.0 Å². The average Bonchev–Trinajstić information content (AvgIpc) is 2.69. The van der Waals surface area contributed by atoms with Crippen molar-refractivity contribution in [1.82, 2.24) is 4.98 Å². The third-order valence-corrected chi connectivity index (χ3v) is 5.76. The Morgan fingerprint density at radius 1 is 1.00 bits per heavy atom. The van der Waals surface area contributed by atoms with Crippen molar-refractivity contribution < 1.29 is 9.53 Å². The first-order chi connectivity index (χ1) is 14.3. The summed E-state index contributed by atoms with van der Waals surface area (Å²) < 4.78 is 6.64. The van der Waals surface area contributed by atoms with E-state index in [0.29, 0.717) is 16.3 Å². The van der Waals surface area contributed by atoms with Crippen LogP contribution in [0.2, 0.25) is 5.02 Å². The zero-order valence-electron chi connectivity index (χ0n) is 16.8. The second-order valence-electron chi connectivity index (χ2n) is 7.29. The number of hydrogen-bond acceptors (Lipinski definition) is 3. The van der Waals surface area contributed by atoms with Crippen LogP contribution < -0.4 is 4.74 Å². The van der Waals surface area contributed by atoms with E-state index >= 15 is 0 Å². The van der Waals surface area contributed by atoms with E-state index in [4.69, 9.17) is 21.3 Å². The molecule has 0 N–H and O–H groups in total. The zero-order chi connectivity index (χ0) is 21.4. The standard InChI is InChI=1S/C25H19BrClNO2/c1-14-11-15(2)23-21(12-14)22(25(29)30-20-9-7-18(26)8-10-20)16(3)24(28-23)17-5-4-6-19(27)13-17/h4-13H,1-3H3. The van der Waals surface area contributed by atoms with Gasteiger partial charge in [0, 0.05) is 20.4 Å². The number of ether oxygens (including phenoxy) is 1. The highest BCUT2D eigenvalue weighted by molar-refractivity contribution is 9.10. The number of rotatable bonds is 3. The summed E-state index contributed by atoms with van der Waals surface area (Å²) >= 11 is 9.61. The number of nitrogens with zero attached hydrogens (tertiary/aromatic N) is 1. The molecule has 1 heterocycles. The summed E-state index contributed by atoms with van der Waals surface area (Å²) in [6.45, 7) is 5.91. The number of benzene rings is 3. The smallest absolute Gasteiger partial charge is 0.344 e. The van der Waals surface area contributed by atoms with Gasteiger partial charge in [0.05, 0.1) is 16.8 Å². The quantitative estimate of drug-likeness (QED) is 0.226. The maximum Gasteiger partial charge on any atom is 0.344 e. The highest BCUT2D eigenvalue weighted by atomic mass is 79.9. The van der Waals surface area contributed by atoms with Gasteiger partial charge >= 0.3 is 5.97 Å². The van der Waals surface area contributed by atoms with Crippen molar-refractivity contribution in [2.24, 2.45) is 0 Å². The Bertz CT molecular complexity index is 1280. The van der Waals surface area contributed by atoms with Crippen molar-refractivity contribution in [2.45, 2.75) is 20.8 Å². The largest absolute Gasteiger partial charge is 0.423 e. The fourth-order valence-corrected chi connectivity index (χ4v) is 4.11. The number of pyridine rings is 1. The van der Waals surface area contributed by atoms with Crippen LogP contribution in [-0.2, 0) is 0 Å². The molecule has 150 valence electrons. The number of aryl methyl sites for hydroxylation is 2.